The number of aliphatic hydroxyl groups is 1. The molecule has 108 valence electrons. The minimum atomic E-state index is -0.865. The normalized spacial score (nSPS) is 11.1. The lowest BCUT2D eigenvalue weighted by molar-refractivity contribution is -0.152. The number of hydrogen-bond donors (Lipinski definition) is 1. The first kappa shape index (κ1) is 15.8. The molecule has 0 fully saturated rings. The third-order valence-electron chi connectivity index (χ3n) is 2.31. The van der Waals surface area contributed by atoms with Gasteiger partial charge in [-0.1, -0.05) is 0 Å². The lowest BCUT2D eigenvalue weighted by Gasteiger charge is -2.18. The summed E-state index contributed by atoms with van der Waals surface area (Å²) in [5.41, 5.74) is 0.147. The Morgan fingerprint density at radius 2 is 1.63 bits per heavy atom. The fourth-order valence-electron chi connectivity index (χ4n) is 1.51. The molecule has 0 saturated heterocycles. The van der Waals surface area contributed by atoms with E-state index in [0.717, 1.165) is 12.1 Å². The van der Waals surface area contributed by atoms with Gasteiger partial charge < -0.3 is 19.3 Å². The van der Waals surface area contributed by atoms with Gasteiger partial charge in [-0.2, -0.15) is 0 Å². The van der Waals surface area contributed by atoms with Crippen molar-refractivity contribution in [3.05, 3.63) is 29.3 Å². The van der Waals surface area contributed by atoms with Gasteiger partial charge in [0.15, 0.2) is 23.7 Å². The summed E-state index contributed by atoms with van der Waals surface area (Å²) in [6.07, 6.45) is -0.675. The molecule has 0 aliphatic heterocycles. The highest BCUT2D eigenvalue weighted by molar-refractivity contribution is 5.31. The summed E-state index contributed by atoms with van der Waals surface area (Å²) in [4.78, 5) is 0. The van der Waals surface area contributed by atoms with E-state index in [9.17, 15) is 8.78 Å². The molecule has 19 heavy (non-hydrogen) atoms. The van der Waals surface area contributed by atoms with Crippen molar-refractivity contribution in [3.63, 3.8) is 0 Å². The van der Waals surface area contributed by atoms with Gasteiger partial charge in [0.2, 0.25) is 0 Å². The largest absolute Gasteiger partial charge is 0.482 e. The summed E-state index contributed by atoms with van der Waals surface area (Å²) in [5, 5.41) is 8.82. The topological polar surface area (TPSA) is 47.9 Å². The molecular formula is C13H18F2O4. The van der Waals surface area contributed by atoms with Crippen molar-refractivity contribution in [3.8, 4) is 5.75 Å². The highest BCUT2D eigenvalue weighted by Gasteiger charge is 2.16. The molecule has 0 saturated carbocycles. The van der Waals surface area contributed by atoms with Crippen LogP contribution in [0.3, 0.4) is 0 Å². The smallest absolute Gasteiger partial charge is 0.191 e. The van der Waals surface area contributed by atoms with E-state index in [-0.39, 0.29) is 12.2 Å². The molecule has 0 spiro atoms. The third-order valence-corrected chi connectivity index (χ3v) is 2.31. The minimum Gasteiger partial charge on any atom is -0.482 e. The lowest BCUT2D eigenvalue weighted by Crippen LogP contribution is -2.25. The van der Waals surface area contributed by atoms with Crippen LogP contribution in [0.4, 0.5) is 8.78 Å². The third kappa shape index (κ3) is 4.74. The Kier molecular flexibility index (Phi) is 6.69. The van der Waals surface area contributed by atoms with E-state index in [2.05, 4.69) is 0 Å². The van der Waals surface area contributed by atoms with Crippen LogP contribution in [0.15, 0.2) is 12.1 Å². The molecule has 0 unspecified atom stereocenters. The first-order chi connectivity index (χ1) is 9.12. The van der Waals surface area contributed by atoms with Crippen LogP contribution < -0.4 is 4.74 Å². The van der Waals surface area contributed by atoms with Crippen molar-refractivity contribution >= 4 is 0 Å². The van der Waals surface area contributed by atoms with Crippen molar-refractivity contribution in [1.29, 1.82) is 0 Å². The van der Waals surface area contributed by atoms with E-state index < -0.39 is 30.3 Å². The summed E-state index contributed by atoms with van der Waals surface area (Å²) < 4.78 is 42.6. The van der Waals surface area contributed by atoms with Crippen LogP contribution in [0.25, 0.3) is 0 Å². The van der Waals surface area contributed by atoms with E-state index in [1.165, 1.54) is 0 Å². The van der Waals surface area contributed by atoms with E-state index in [1.807, 2.05) is 0 Å². The molecule has 1 aromatic carbocycles. The molecule has 0 radical (unpaired) electrons. The molecule has 0 amide bonds. The first-order valence-corrected chi connectivity index (χ1v) is 6.07. The second-order valence-electron chi connectivity index (χ2n) is 3.70. The molecule has 0 heterocycles. The Morgan fingerprint density at radius 1 is 1.11 bits per heavy atom. The van der Waals surface area contributed by atoms with Gasteiger partial charge >= 0.3 is 0 Å². The number of halogens is 2. The van der Waals surface area contributed by atoms with Crippen molar-refractivity contribution in [1.82, 2.24) is 0 Å². The molecular weight excluding hydrogens is 258 g/mol. The van der Waals surface area contributed by atoms with E-state index in [0.29, 0.717) is 13.2 Å². The second kappa shape index (κ2) is 8.04. The summed E-state index contributed by atoms with van der Waals surface area (Å²) in [5.74, 6) is -2.23. The number of rotatable bonds is 8. The zero-order valence-corrected chi connectivity index (χ0v) is 11.0. The molecule has 0 atom stereocenters. The van der Waals surface area contributed by atoms with Gasteiger partial charge in [-0.05, 0) is 31.5 Å². The summed E-state index contributed by atoms with van der Waals surface area (Å²) in [6.45, 7) is 3.82. The Bertz CT molecular complexity index is 369. The molecule has 6 heteroatoms. The second-order valence-corrected chi connectivity index (χ2v) is 3.70. The average Bonchev–Trinajstić information content (AvgIpc) is 2.37. The van der Waals surface area contributed by atoms with Crippen LogP contribution in [-0.2, 0) is 16.1 Å². The monoisotopic (exact) mass is 276 g/mol. The fraction of sp³-hybridized carbons (Fsp3) is 0.538. The van der Waals surface area contributed by atoms with Crippen LogP contribution in [0.5, 0.6) is 5.75 Å². The number of ether oxygens (including phenoxy) is 3. The van der Waals surface area contributed by atoms with Crippen LogP contribution in [0.2, 0.25) is 0 Å². The van der Waals surface area contributed by atoms with Gasteiger partial charge in [0, 0.05) is 13.2 Å². The zero-order chi connectivity index (χ0) is 14.3. The van der Waals surface area contributed by atoms with Crippen LogP contribution in [0.1, 0.15) is 19.4 Å². The van der Waals surface area contributed by atoms with E-state index >= 15 is 0 Å². The first-order valence-electron chi connectivity index (χ1n) is 6.07. The van der Waals surface area contributed by atoms with Gasteiger partial charge in [-0.3, -0.25) is 0 Å². The minimum absolute atomic E-state index is 0.117. The summed E-state index contributed by atoms with van der Waals surface area (Å²) in [7, 11) is 0. The van der Waals surface area contributed by atoms with Crippen LogP contribution >= 0.6 is 0 Å². The molecule has 4 nitrogen and oxygen atoms in total. The fourth-order valence-corrected chi connectivity index (χ4v) is 1.51. The lowest BCUT2D eigenvalue weighted by atomic mass is 10.2. The standard InChI is InChI=1S/C13H18F2O4/c1-3-17-12(18-4-2)8-19-13-10(14)5-9(7-16)6-11(13)15/h5-6,12,16H,3-4,7-8H2,1-2H3. The van der Waals surface area contributed by atoms with E-state index in [4.69, 9.17) is 19.3 Å². The Labute approximate surface area is 110 Å². The predicted molar refractivity (Wildman–Crippen MR) is 64.8 cm³/mol. The predicted octanol–water partition coefficient (Wildman–Crippen LogP) is 2.24. The molecule has 1 N–H and O–H groups in total. The van der Waals surface area contributed by atoms with Crippen LogP contribution in [0, 0.1) is 11.6 Å². The summed E-state index contributed by atoms with van der Waals surface area (Å²) in [6, 6.07) is 2.05. The maximum absolute atomic E-state index is 13.6. The Balaban J connectivity index is 2.70. The quantitative estimate of drug-likeness (QED) is 0.740. The van der Waals surface area contributed by atoms with Crippen molar-refractivity contribution < 1.29 is 28.1 Å². The van der Waals surface area contributed by atoms with Gasteiger partial charge in [0.05, 0.1) is 6.61 Å². The molecule has 1 aromatic rings. The molecule has 0 bridgehead atoms. The SMILES string of the molecule is CCOC(COc1c(F)cc(CO)cc1F)OCC. The maximum Gasteiger partial charge on any atom is 0.191 e. The van der Waals surface area contributed by atoms with Gasteiger partial charge in [-0.25, -0.2) is 8.78 Å². The number of hydrogen-bond acceptors (Lipinski definition) is 4. The Hall–Kier alpha value is -1.24. The molecule has 0 aliphatic carbocycles. The van der Waals surface area contributed by atoms with Gasteiger partial charge in [-0.15, -0.1) is 0 Å². The molecule has 0 aromatic heterocycles. The van der Waals surface area contributed by atoms with Crippen LogP contribution in [-0.4, -0.2) is 31.2 Å². The van der Waals surface area contributed by atoms with Crippen molar-refractivity contribution in [2.75, 3.05) is 19.8 Å². The summed E-state index contributed by atoms with van der Waals surface area (Å²) >= 11 is 0. The Morgan fingerprint density at radius 3 is 2.05 bits per heavy atom. The van der Waals surface area contributed by atoms with Crippen molar-refractivity contribution in [2.45, 2.75) is 26.7 Å². The van der Waals surface area contributed by atoms with Crippen molar-refractivity contribution in [2.24, 2.45) is 0 Å². The number of benzene rings is 1. The highest BCUT2D eigenvalue weighted by atomic mass is 19.1. The average molecular weight is 276 g/mol. The zero-order valence-electron chi connectivity index (χ0n) is 11.0. The van der Waals surface area contributed by atoms with Gasteiger partial charge in [0.25, 0.3) is 0 Å². The molecule has 1 rings (SSSR count). The van der Waals surface area contributed by atoms with Gasteiger partial charge in [0.1, 0.15) is 6.61 Å². The maximum atomic E-state index is 13.6. The molecule has 0 aliphatic rings. The number of aliphatic hydroxyl groups excluding tert-OH is 1. The highest BCUT2D eigenvalue weighted by Crippen LogP contribution is 2.23. The van der Waals surface area contributed by atoms with E-state index in [1.54, 1.807) is 13.8 Å².